The second-order valence-corrected chi connectivity index (χ2v) is 8.21. The number of nitrogens with zero attached hydrogens (tertiary/aromatic N) is 5. The summed E-state index contributed by atoms with van der Waals surface area (Å²) in [7, 11) is 0. The summed E-state index contributed by atoms with van der Waals surface area (Å²) < 4.78 is 42.1. The number of amides is 2. The first-order valence-corrected chi connectivity index (χ1v) is 10.1. The number of rotatable bonds is 4. The van der Waals surface area contributed by atoms with E-state index < -0.39 is 11.6 Å². The number of anilines is 2. The van der Waals surface area contributed by atoms with E-state index in [1.807, 2.05) is 4.90 Å². The van der Waals surface area contributed by atoms with Crippen molar-refractivity contribution in [1.29, 1.82) is 0 Å². The van der Waals surface area contributed by atoms with Gasteiger partial charge >= 0.3 is 12.2 Å². The number of nitrogens with one attached hydrogen (secondary N) is 2. The van der Waals surface area contributed by atoms with Gasteiger partial charge in [-0.05, 0) is 38.2 Å². The molecule has 0 unspecified atom stereocenters. The second kappa shape index (κ2) is 6.85. The van der Waals surface area contributed by atoms with Gasteiger partial charge in [0.15, 0.2) is 5.82 Å². The Morgan fingerprint density at radius 1 is 1.23 bits per heavy atom. The highest BCUT2D eigenvalue weighted by Gasteiger charge is 2.65. The zero-order valence-corrected chi connectivity index (χ0v) is 16.2. The lowest BCUT2D eigenvalue weighted by atomic mass is 9.93. The summed E-state index contributed by atoms with van der Waals surface area (Å²) in [5, 5.41) is 10.0. The van der Waals surface area contributed by atoms with E-state index in [2.05, 4.69) is 25.7 Å². The third-order valence-electron chi connectivity index (χ3n) is 6.19. The molecule has 0 radical (unpaired) electrons. The molecule has 0 saturated heterocycles. The summed E-state index contributed by atoms with van der Waals surface area (Å²) in [6.45, 7) is 1.45. The van der Waals surface area contributed by atoms with Crippen molar-refractivity contribution < 1.29 is 18.0 Å². The Bertz CT molecular complexity index is 965. The van der Waals surface area contributed by atoms with Gasteiger partial charge in [0.25, 0.3) is 0 Å². The molecular weight excluding hydrogens is 399 g/mol. The van der Waals surface area contributed by atoms with Gasteiger partial charge in [0.2, 0.25) is 5.95 Å². The SMILES string of the molecule is O=C(Nc1cc2n(n1)CCN(c1nccc(C3(C(F)(F)F)CC3)n1)C2)NC1CCC1. The van der Waals surface area contributed by atoms with Crippen LogP contribution in [0, 0.1) is 0 Å². The van der Waals surface area contributed by atoms with Crippen molar-refractivity contribution >= 4 is 17.8 Å². The van der Waals surface area contributed by atoms with Gasteiger partial charge in [0, 0.05) is 24.8 Å². The lowest BCUT2D eigenvalue weighted by molar-refractivity contribution is -0.161. The van der Waals surface area contributed by atoms with Crippen LogP contribution >= 0.6 is 0 Å². The van der Waals surface area contributed by atoms with Crippen molar-refractivity contribution in [2.75, 3.05) is 16.8 Å². The summed E-state index contributed by atoms with van der Waals surface area (Å²) >= 11 is 0. The number of alkyl halides is 3. The molecule has 11 heteroatoms. The highest BCUT2D eigenvalue weighted by atomic mass is 19.4. The van der Waals surface area contributed by atoms with E-state index in [-0.39, 0.29) is 36.6 Å². The Morgan fingerprint density at radius 3 is 2.70 bits per heavy atom. The molecule has 1 aliphatic heterocycles. The minimum absolute atomic E-state index is 0.0362. The Labute approximate surface area is 170 Å². The number of hydrogen-bond donors (Lipinski definition) is 2. The van der Waals surface area contributed by atoms with Gasteiger partial charge in [-0.15, -0.1) is 0 Å². The molecule has 2 saturated carbocycles. The van der Waals surface area contributed by atoms with Crippen LogP contribution in [0.5, 0.6) is 0 Å². The van der Waals surface area contributed by atoms with Crippen LogP contribution < -0.4 is 15.5 Å². The maximum absolute atomic E-state index is 13.4. The van der Waals surface area contributed by atoms with Crippen LogP contribution in [0.25, 0.3) is 0 Å². The molecule has 3 heterocycles. The average molecular weight is 421 g/mol. The minimum atomic E-state index is -4.31. The van der Waals surface area contributed by atoms with Crippen LogP contribution in [0.15, 0.2) is 18.3 Å². The molecule has 160 valence electrons. The van der Waals surface area contributed by atoms with E-state index in [1.54, 1.807) is 10.7 Å². The fourth-order valence-electron chi connectivity index (χ4n) is 3.97. The van der Waals surface area contributed by atoms with Crippen LogP contribution in [0.2, 0.25) is 0 Å². The smallest absolute Gasteiger partial charge is 0.335 e. The summed E-state index contributed by atoms with van der Waals surface area (Å²) in [5.74, 6) is 0.736. The van der Waals surface area contributed by atoms with E-state index in [0.717, 1.165) is 25.0 Å². The van der Waals surface area contributed by atoms with Gasteiger partial charge in [-0.3, -0.25) is 10.00 Å². The van der Waals surface area contributed by atoms with Crippen LogP contribution in [0.3, 0.4) is 0 Å². The molecule has 0 bridgehead atoms. The molecule has 2 fully saturated rings. The van der Waals surface area contributed by atoms with Gasteiger partial charge in [-0.25, -0.2) is 14.8 Å². The van der Waals surface area contributed by atoms with Crippen molar-refractivity contribution in [3.63, 3.8) is 0 Å². The topological polar surface area (TPSA) is 88.0 Å². The fraction of sp³-hybridized carbons (Fsp3) is 0.579. The van der Waals surface area contributed by atoms with Crippen molar-refractivity contribution in [2.24, 2.45) is 0 Å². The molecule has 30 heavy (non-hydrogen) atoms. The number of carbonyl (C=O) groups is 1. The van der Waals surface area contributed by atoms with E-state index >= 15 is 0 Å². The standard InChI is InChI=1S/C19H22F3N7O/c20-19(21,22)18(5-6-18)14-4-7-23-16(25-14)28-8-9-29-13(11-28)10-15(27-29)26-17(30)24-12-2-1-3-12/h4,7,10,12H,1-3,5-6,8-9,11H2,(H2,24,26,27,30). The van der Waals surface area contributed by atoms with E-state index in [0.29, 0.717) is 25.5 Å². The summed E-state index contributed by atoms with van der Waals surface area (Å²) in [4.78, 5) is 22.3. The number of halogens is 3. The quantitative estimate of drug-likeness (QED) is 0.793. The predicted molar refractivity (Wildman–Crippen MR) is 102 cm³/mol. The molecule has 5 rings (SSSR count). The monoisotopic (exact) mass is 421 g/mol. The van der Waals surface area contributed by atoms with Crippen LogP contribution in [0.1, 0.15) is 43.5 Å². The van der Waals surface area contributed by atoms with Crippen molar-refractivity contribution in [2.45, 2.75) is 62.8 Å². The molecule has 0 atom stereocenters. The lowest BCUT2D eigenvalue weighted by Gasteiger charge is -2.28. The van der Waals surface area contributed by atoms with E-state index in [9.17, 15) is 18.0 Å². The van der Waals surface area contributed by atoms with Crippen LogP contribution in [-0.4, -0.2) is 44.5 Å². The van der Waals surface area contributed by atoms with Gasteiger partial charge in [0.1, 0.15) is 5.41 Å². The van der Waals surface area contributed by atoms with Crippen molar-refractivity contribution in [1.82, 2.24) is 25.1 Å². The Kier molecular flexibility index (Phi) is 4.37. The maximum atomic E-state index is 13.4. The molecule has 3 aliphatic rings. The third-order valence-corrected chi connectivity index (χ3v) is 6.19. The average Bonchev–Trinajstić information content (AvgIpc) is 3.40. The summed E-state index contributed by atoms with van der Waals surface area (Å²) in [5.41, 5.74) is -0.951. The van der Waals surface area contributed by atoms with Crippen LogP contribution in [-0.2, 0) is 18.5 Å². The largest absolute Gasteiger partial charge is 0.399 e. The molecule has 2 aromatic rings. The first-order chi connectivity index (χ1) is 14.3. The zero-order chi connectivity index (χ0) is 20.9. The Morgan fingerprint density at radius 2 is 2.03 bits per heavy atom. The maximum Gasteiger partial charge on any atom is 0.399 e. The van der Waals surface area contributed by atoms with Gasteiger partial charge in [0.05, 0.1) is 24.5 Å². The van der Waals surface area contributed by atoms with Gasteiger partial charge in [-0.1, -0.05) is 0 Å². The number of urea groups is 1. The molecule has 2 amide bonds. The van der Waals surface area contributed by atoms with Crippen LogP contribution in [0.4, 0.5) is 29.7 Å². The number of fused-ring (bicyclic) bond motifs is 1. The number of carbonyl (C=O) groups excluding carboxylic acids is 1. The second-order valence-electron chi connectivity index (χ2n) is 8.21. The van der Waals surface area contributed by atoms with Gasteiger partial charge < -0.3 is 10.2 Å². The Balaban J connectivity index is 1.29. The Hall–Kier alpha value is -2.85. The van der Waals surface area contributed by atoms with Gasteiger partial charge in [-0.2, -0.15) is 18.3 Å². The third kappa shape index (κ3) is 3.35. The van der Waals surface area contributed by atoms with E-state index in [4.69, 9.17) is 0 Å². The number of hydrogen-bond acceptors (Lipinski definition) is 5. The molecule has 2 aliphatic carbocycles. The molecular formula is C19H22F3N7O. The summed E-state index contributed by atoms with van der Waals surface area (Å²) in [6.07, 6.45) is 0.350. The first kappa shape index (κ1) is 19.1. The predicted octanol–water partition coefficient (Wildman–Crippen LogP) is 2.96. The molecule has 2 N–H and O–H groups in total. The van der Waals surface area contributed by atoms with E-state index in [1.165, 1.54) is 12.3 Å². The zero-order valence-electron chi connectivity index (χ0n) is 16.2. The fourth-order valence-corrected chi connectivity index (χ4v) is 3.97. The summed E-state index contributed by atoms with van der Waals surface area (Å²) in [6, 6.07) is 3.09. The molecule has 0 aromatic carbocycles. The molecule has 0 spiro atoms. The minimum Gasteiger partial charge on any atom is -0.335 e. The van der Waals surface area contributed by atoms with Crippen molar-refractivity contribution in [3.8, 4) is 0 Å². The first-order valence-electron chi connectivity index (χ1n) is 10.1. The normalized spacial score (nSPS) is 20.3. The highest BCUT2D eigenvalue weighted by Crippen LogP contribution is 2.58. The molecule has 2 aromatic heterocycles. The van der Waals surface area contributed by atoms with Crippen molar-refractivity contribution in [3.05, 3.63) is 29.7 Å². The molecule has 8 nitrogen and oxygen atoms in total. The lowest BCUT2D eigenvalue weighted by Crippen LogP contribution is -2.41. The number of aromatic nitrogens is 4. The highest BCUT2D eigenvalue weighted by molar-refractivity contribution is 5.88.